The van der Waals surface area contributed by atoms with E-state index < -0.39 is 11.5 Å². The van der Waals surface area contributed by atoms with E-state index in [4.69, 9.17) is 4.84 Å². The molecule has 0 aliphatic rings. The standard InChI is InChI=1S/C26H52N2O5/c1-3-5-6-7-8-9-10-11-12-13-14-15-16-17-18-19-24(31)28-26(20-22-29,21-23-30)25(32)33-27-4-2/h27,29-30H,3-23H2,1-2H3,(H,28,31). The molecule has 7 nitrogen and oxygen atoms in total. The van der Waals surface area contributed by atoms with Gasteiger partial charge >= 0.3 is 5.97 Å². The summed E-state index contributed by atoms with van der Waals surface area (Å²) in [6.07, 6.45) is 19.3. The number of amides is 1. The van der Waals surface area contributed by atoms with Gasteiger partial charge in [-0.05, 0) is 13.3 Å². The van der Waals surface area contributed by atoms with Crippen LogP contribution < -0.4 is 10.8 Å². The number of hydrogen-bond donors (Lipinski definition) is 4. The lowest BCUT2D eigenvalue weighted by Gasteiger charge is -2.31. The second kappa shape index (κ2) is 22.6. The maximum Gasteiger partial charge on any atom is 0.350 e. The molecule has 0 bridgehead atoms. The second-order valence-corrected chi connectivity index (χ2v) is 9.16. The minimum Gasteiger partial charge on any atom is -0.396 e. The van der Waals surface area contributed by atoms with Gasteiger partial charge in [-0.2, -0.15) is 5.48 Å². The van der Waals surface area contributed by atoms with Crippen LogP contribution in [0.4, 0.5) is 0 Å². The predicted octanol–water partition coefficient (Wildman–Crippen LogP) is 4.94. The lowest BCUT2D eigenvalue weighted by atomic mass is 9.91. The Hall–Kier alpha value is -1.18. The van der Waals surface area contributed by atoms with Gasteiger partial charge in [-0.25, -0.2) is 4.79 Å². The molecule has 0 spiro atoms. The molecule has 0 fully saturated rings. The summed E-state index contributed by atoms with van der Waals surface area (Å²) in [5, 5.41) is 21.5. The summed E-state index contributed by atoms with van der Waals surface area (Å²) < 4.78 is 0. The normalized spacial score (nSPS) is 11.5. The van der Waals surface area contributed by atoms with Crippen LogP contribution in [0.5, 0.6) is 0 Å². The summed E-state index contributed by atoms with van der Waals surface area (Å²) in [4.78, 5) is 29.8. The number of carbonyl (C=O) groups is 2. The van der Waals surface area contributed by atoms with Crippen molar-refractivity contribution in [2.45, 2.75) is 135 Å². The fourth-order valence-electron chi connectivity index (χ4n) is 4.11. The summed E-state index contributed by atoms with van der Waals surface area (Å²) >= 11 is 0. The number of nitrogens with one attached hydrogen (secondary N) is 2. The number of aliphatic hydroxyl groups is 2. The number of unbranched alkanes of at least 4 members (excludes halogenated alkanes) is 14. The predicted molar refractivity (Wildman–Crippen MR) is 134 cm³/mol. The average molecular weight is 473 g/mol. The molecule has 0 aromatic rings. The zero-order valence-corrected chi connectivity index (χ0v) is 21.5. The molecule has 0 aliphatic heterocycles. The number of aliphatic hydroxyl groups excluding tert-OH is 2. The highest BCUT2D eigenvalue weighted by Crippen LogP contribution is 2.19. The van der Waals surface area contributed by atoms with Gasteiger partial charge in [-0.15, -0.1) is 0 Å². The summed E-state index contributed by atoms with van der Waals surface area (Å²) in [6.45, 7) is 3.88. The fraction of sp³-hybridized carbons (Fsp3) is 0.923. The molecule has 0 aromatic carbocycles. The van der Waals surface area contributed by atoms with Crippen molar-refractivity contribution in [1.82, 2.24) is 10.8 Å². The minimum absolute atomic E-state index is 0.00237. The molecular weight excluding hydrogens is 420 g/mol. The Labute approximate surface area is 202 Å². The van der Waals surface area contributed by atoms with E-state index in [1.807, 2.05) is 0 Å². The van der Waals surface area contributed by atoms with Gasteiger partial charge in [0.25, 0.3) is 0 Å². The molecule has 0 atom stereocenters. The van der Waals surface area contributed by atoms with E-state index >= 15 is 0 Å². The Kier molecular flexibility index (Phi) is 21.8. The van der Waals surface area contributed by atoms with E-state index in [1.54, 1.807) is 6.92 Å². The third kappa shape index (κ3) is 17.0. The molecule has 0 saturated carbocycles. The highest BCUT2D eigenvalue weighted by molar-refractivity contribution is 5.88. The minimum atomic E-state index is -1.40. The van der Waals surface area contributed by atoms with Crippen LogP contribution in [0, 0.1) is 0 Å². The topological polar surface area (TPSA) is 108 Å². The smallest absolute Gasteiger partial charge is 0.350 e. The first-order valence-corrected chi connectivity index (χ1v) is 13.5. The third-order valence-electron chi connectivity index (χ3n) is 6.16. The summed E-state index contributed by atoms with van der Waals surface area (Å²) in [6, 6.07) is 0. The van der Waals surface area contributed by atoms with Crippen molar-refractivity contribution >= 4 is 11.9 Å². The zero-order chi connectivity index (χ0) is 24.6. The van der Waals surface area contributed by atoms with Gasteiger partial charge in [0.05, 0.1) is 0 Å². The van der Waals surface area contributed by atoms with Crippen molar-refractivity contribution in [2.75, 3.05) is 19.8 Å². The number of hydroxylamine groups is 1. The largest absolute Gasteiger partial charge is 0.396 e. The third-order valence-corrected chi connectivity index (χ3v) is 6.16. The SMILES string of the molecule is CCCCCCCCCCCCCCCCCC(=O)NC(CCO)(CCO)C(=O)ONCC. The van der Waals surface area contributed by atoms with Crippen LogP contribution in [0.2, 0.25) is 0 Å². The highest BCUT2D eigenvalue weighted by atomic mass is 16.7. The van der Waals surface area contributed by atoms with Crippen molar-refractivity contribution in [3.63, 3.8) is 0 Å². The van der Waals surface area contributed by atoms with Gasteiger partial charge in [0.1, 0.15) is 5.54 Å². The highest BCUT2D eigenvalue weighted by Gasteiger charge is 2.40. The Morgan fingerprint density at radius 2 is 1.12 bits per heavy atom. The Morgan fingerprint density at radius 3 is 1.52 bits per heavy atom. The lowest BCUT2D eigenvalue weighted by Crippen LogP contribution is -2.57. The quantitative estimate of drug-likeness (QED) is 0.117. The van der Waals surface area contributed by atoms with Gasteiger partial charge in [0, 0.05) is 39.0 Å². The van der Waals surface area contributed by atoms with Crippen molar-refractivity contribution in [1.29, 1.82) is 0 Å². The van der Waals surface area contributed by atoms with Crippen molar-refractivity contribution in [2.24, 2.45) is 0 Å². The summed E-state index contributed by atoms with van der Waals surface area (Å²) in [5.74, 6) is -0.933. The Balaban J connectivity index is 3.90. The first-order chi connectivity index (χ1) is 16.1. The first kappa shape index (κ1) is 31.8. The van der Waals surface area contributed by atoms with E-state index in [1.165, 1.54) is 77.0 Å². The summed E-state index contributed by atoms with van der Waals surface area (Å²) in [7, 11) is 0. The van der Waals surface area contributed by atoms with Crippen molar-refractivity contribution in [3.05, 3.63) is 0 Å². The van der Waals surface area contributed by atoms with Crippen LogP contribution in [0.1, 0.15) is 129 Å². The van der Waals surface area contributed by atoms with E-state index in [0.29, 0.717) is 13.0 Å². The fourth-order valence-corrected chi connectivity index (χ4v) is 4.11. The summed E-state index contributed by atoms with van der Waals surface area (Å²) in [5.41, 5.74) is 1.07. The van der Waals surface area contributed by atoms with Crippen molar-refractivity contribution in [3.8, 4) is 0 Å². The van der Waals surface area contributed by atoms with E-state index in [-0.39, 0.29) is 32.0 Å². The molecule has 0 rings (SSSR count). The second-order valence-electron chi connectivity index (χ2n) is 9.16. The molecular formula is C26H52N2O5. The van der Waals surface area contributed by atoms with Crippen LogP contribution in [0.25, 0.3) is 0 Å². The molecule has 0 aliphatic carbocycles. The van der Waals surface area contributed by atoms with Gasteiger partial charge in [0.2, 0.25) is 5.91 Å². The number of carbonyl (C=O) groups excluding carboxylic acids is 2. The maximum atomic E-state index is 12.4. The van der Waals surface area contributed by atoms with Crippen LogP contribution in [0.3, 0.4) is 0 Å². The van der Waals surface area contributed by atoms with Crippen molar-refractivity contribution < 1.29 is 24.6 Å². The van der Waals surface area contributed by atoms with Gasteiger partial charge in [0.15, 0.2) is 0 Å². The maximum absolute atomic E-state index is 12.4. The van der Waals surface area contributed by atoms with Crippen LogP contribution >= 0.6 is 0 Å². The Morgan fingerprint density at radius 1 is 0.697 bits per heavy atom. The average Bonchev–Trinajstić information content (AvgIpc) is 2.80. The van der Waals surface area contributed by atoms with E-state index in [0.717, 1.165) is 19.3 Å². The van der Waals surface area contributed by atoms with Gasteiger partial charge in [-0.3, -0.25) is 4.79 Å². The molecule has 33 heavy (non-hydrogen) atoms. The van der Waals surface area contributed by atoms with Crippen LogP contribution in [0.15, 0.2) is 0 Å². The number of hydrogen-bond acceptors (Lipinski definition) is 6. The van der Waals surface area contributed by atoms with E-state index in [9.17, 15) is 19.8 Å². The Bertz CT molecular complexity index is 468. The van der Waals surface area contributed by atoms with Gasteiger partial charge in [-0.1, -0.05) is 96.8 Å². The molecule has 0 saturated heterocycles. The van der Waals surface area contributed by atoms with Crippen LogP contribution in [-0.4, -0.2) is 47.4 Å². The molecule has 0 unspecified atom stereocenters. The molecule has 196 valence electrons. The van der Waals surface area contributed by atoms with Crippen LogP contribution in [-0.2, 0) is 14.4 Å². The zero-order valence-electron chi connectivity index (χ0n) is 21.5. The monoisotopic (exact) mass is 472 g/mol. The van der Waals surface area contributed by atoms with Gasteiger partial charge < -0.3 is 20.4 Å². The molecule has 4 N–H and O–H groups in total. The first-order valence-electron chi connectivity index (χ1n) is 13.5. The number of rotatable bonds is 24. The molecule has 7 heteroatoms. The molecule has 0 aromatic heterocycles. The lowest BCUT2D eigenvalue weighted by molar-refractivity contribution is -0.162. The van der Waals surface area contributed by atoms with E-state index in [2.05, 4.69) is 17.7 Å². The molecule has 1 amide bonds. The molecule has 0 heterocycles. The molecule has 0 radical (unpaired) electrons.